The van der Waals surface area contributed by atoms with Gasteiger partial charge in [0, 0.05) is 25.5 Å². The summed E-state index contributed by atoms with van der Waals surface area (Å²) in [6, 6.07) is 9.43. The van der Waals surface area contributed by atoms with Crippen molar-refractivity contribution < 1.29 is 9.18 Å². The molecule has 0 atom stereocenters. The van der Waals surface area contributed by atoms with Crippen LogP contribution in [0.25, 0.3) is 0 Å². The summed E-state index contributed by atoms with van der Waals surface area (Å²) >= 11 is 0. The van der Waals surface area contributed by atoms with E-state index in [1.807, 2.05) is 0 Å². The first-order valence-corrected chi connectivity index (χ1v) is 5.90. The smallest absolute Gasteiger partial charge is 0.259 e. The lowest BCUT2D eigenvalue weighted by Crippen LogP contribution is -2.36. The summed E-state index contributed by atoms with van der Waals surface area (Å²) in [4.78, 5) is 17.6. The highest BCUT2D eigenvalue weighted by Crippen LogP contribution is 2.20. The SMILES string of the molecule is NCCN(C(=O)c1cccnc1)c1ccccc1F. The molecule has 0 aliphatic rings. The van der Waals surface area contributed by atoms with Gasteiger partial charge in [-0.2, -0.15) is 0 Å². The second kappa shape index (κ2) is 6.06. The van der Waals surface area contributed by atoms with Crippen molar-refractivity contribution in [1.82, 2.24) is 4.98 Å². The Labute approximate surface area is 110 Å². The monoisotopic (exact) mass is 259 g/mol. The molecule has 0 aliphatic heterocycles. The van der Waals surface area contributed by atoms with Gasteiger partial charge >= 0.3 is 0 Å². The maximum absolute atomic E-state index is 13.8. The second-order valence-electron chi connectivity index (χ2n) is 3.94. The van der Waals surface area contributed by atoms with E-state index in [2.05, 4.69) is 4.98 Å². The van der Waals surface area contributed by atoms with Crippen molar-refractivity contribution in [3.63, 3.8) is 0 Å². The van der Waals surface area contributed by atoms with Crippen molar-refractivity contribution >= 4 is 11.6 Å². The van der Waals surface area contributed by atoms with Crippen LogP contribution in [0.1, 0.15) is 10.4 Å². The zero-order valence-corrected chi connectivity index (χ0v) is 10.3. The van der Waals surface area contributed by atoms with E-state index >= 15 is 0 Å². The van der Waals surface area contributed by atoms with E-state index in [0.717, 1.165) is 0 Å². The largest absolute Gasteiger partial charge is 0.329 e. The van der Waals surface area contributed by atoms with Crippen LogP contribution in [0, 0.1) is 5.82 Å². The van der Waals surface area contributed by atoms with Gasteiger partial charge in [-0.15, -0.1) is 0 Å². The van der Waals surface area contributed by atoms with Crippen molar-refractivity contribution in [2.75, 3.05) is 18.0 Å². The Hall–Kier alpha value is -2.27. The van der Waals surface area contributed by atoms with Crippen LogP contribution in [-0.2, 0) is 0 Å². The van der Waals surface area contributed by atoms with E-state index < -0.39 is 5.82 Å². The fourth-order valence-corrected chi connectivity index (χ4v) is 1.78. The van der Waals surface area contributed by atoms with Crippen molar-refractivity contribution in [2.24, 2.45) is 5.73 Å². The Bertz CT molecular complexity index is 560. The molecule has 0 spiro atoms. The summed E-state index contributed by atoms with van der Waals surface area (Å²) < 4.78 is 13.8. The Balaban J connectivity index is 2.36. The molecule has 98 valence electrons. The van der Waals surface area contributed by atoms with Crippen LogP contribution in [0.5, 0.6) is 0 Å². The first-order chi connectivity index (χ1) is 9.24. The van der Waals surface area contributed by atoms with Gasteiger partial charge in [-0.3, -0.25) is 9.78 Å². The molecule has 19 heavy (non-hydrogen) atoms. The highest BCUT2D eigenvalue weighted by atomic mass is 19.1. The van der Waals surface area contributed by atoms with Gasteiger partial charge in [-0.1, -0.05) is 12.1 Å². The van der Waals surface area contributed by atoms with Crippen LogP contribution in [0.3, 0.4) is 0 Å². The third-order valence-corrected chi connectivity index (χ3v) is 2.65. The first-order valence-electron chi connectivity index (χ1n) is 5.90. The van der Waals surface area contributed by atoms with Gasteiger partial charge in [0.2, 0.25) is 0 Å². The molecule has 1 aromatic heterocycles. The molecular formula is C14H14FN3O. The number of pyridine rings is 1. The number of anilines is 1. The van der Waals surface area contributed by atoms with Crippen LogP contribution < -0.4 is 10.6 Å². The number of nitrogens with zero attached hydrogens (tertiary/aromatic N) is 2. The van der Waals surface area contributed by atoms with Crippen molar-refractivity contribution in [2.45, 2.75) is 0 Å². The van der Waals surface area contributed by atoms with Gasteiger partial charge < -0.3 is 10.6 Å². The average Bonchev–Trinajstić information content (AvgIpc) is 2.46. The standard InChI is InChI=1S/C14H14FN3O/c15-12-5-1-2-6-13(12)18(9-7-16)14(19)11-4-3-8-17-10-11/h1-6,8,10H,7,9,16H2. The summed E-state index contributed by atoms with van der Waals surface area (Å²) in [7, 11) is 0. The minimum Gasteiger partial charge on any atom is -0.329 e. The maximum atomic E-state index is 13.8. The molecule has 0 bridgehead atoms. The predicted molar refractivity (Wildman–Crippen MR) is 71.4 cm³/mol. The minimum atomic E-state index is -0.451. The van der Waals surface area contributed by atoms with Crippen LogP contribution in [0.15, 0.2) is 48.8 Å². The van der Waals surface area contributed by atoms with E-state index in [4.69, 9.17) is 5.73 Å². The number of nitrogens with two attached hydrogens (primary N) is 1. The number of hydrogen-bond acceptors (Lipinski definition) is 3. The number of rotatable bonds is 4. The molecule has 0 saturated carbocycles. The number of para-hydroxylation sites is 1. The van der Waals surface area contributed by atoms with Gasteiger partial charge in [0.15, 0.2) is 0 Å². The lowest BCUT2D eigenvalue weighted by molar-refractivity contribution is 0.0986. The molecule has 1 heterocycles. The second-order valence-corrected chi connectivity index (χ2v) is 3.94. The van der Waals surface area contributed by atoms with E-state index in [9.17, 15) is 9.18 Å². The van der Waals surface area contributed by atoms with Gasteiger partial charge in [0.25, 0.3) is 5.91 Å². The lowest BCUT2D eigenvalue weighted by Gasteiger charge is -2.22. The third kappa shape index (κ3) is 2.95. The Morgan fingerprint density at radius 1 is 1.26 bits per heavy atom. The van der Waals surface area contributed by atoms with Crippen LogP contribution in [-0.4, -0.2) is 24.0 Å². The molecular weight excluding hydrogens is 245 g/mol. The average molecular weight is 259 g/mol. The molecule has 2 N–H and O–H groups in total. The molecule has 0 saturated heterocycles. The number of halogens is 1. The molecule has 2 aromatic rings. The van der Waals surface area contributed by atoms with Crippen LogP contribution in [0.4, 0.5) is 10.1 Å². The molecule has 2 rings (SSSR count). The molecule has 0 unspecified atom stereocenters. The fraction of sp³-hybridized carbons (Fsp3) is 0.143. The number of carbonyl (C=O) groups is 1. The molecule has 1 aromatic carbocycles. The van der Waals surface area contributed by atoms with Gasteiger partial charge in [0.1, 0.15) is 5.82 Å². The van der Waals surface area contributed by atoms with Gasteiger partial charge in [-0.05, 0) is 24.3 Å². The number of hydrogen-bond donors (Lipinski definition) is 1. The fourth-order valence-electron chi connectivity index (χ4n) is 1.78. The molecule has 0 radical (unpaired) electrons. The number of benzene rings is 1. The Morgan fingerprint density at radius 2 is 2.05 bits per heavy atom. The zero-order chi connectivity index (χ0) is 13.7. The van der Waals surface area contributed by atoms with Crippen LogP contribution >= 0.6 is 0 Å². The lowest BCUT2D eigenvalue weighted by atomic mass is 10.2. The maximum Gasteiger partial charge on any atom is 0.259 e. The minimum absolute atomic E-state index is 0.224. The van der Waals surface area contributed by atoms with Crippen molar-refractivity contribution in [3.8, 4) is 0 Å². The summed E-state index contributed by atoms with van der Waals surface area (Å²) in [5.74, 6) is -0.767. The third-order valence-electron chi connectivity index (χ3n) is 2.65. The Kier molecular flexibility index (Phi) is 4.20. The molecule has 1 amide bonds. The van der Waals surface area contributed by atoms with Crippen molar-refractivity contribution in [1.29, 1.82) is 0 Å². The van der Waals surface area contributed by atoms with Crippen molar-refractivity contribution in [3.05, 3.63) is 60.2 Å². The molecule has 0 fully saturated rings. The number of carbonyl (C=O) groups excluding carboxylic acids is 1. The van der Waals surface area contributed by atoms with E-state index in [1.165, 1.54) is 17.2 Å². The highest BCUT2D eigenvalue weighted by molar-refractivity contribution is 6.05. The summed E-state index contributed by atoms with van der Waals surface area (Å²) in [5, 5.41) is 0. The predicted octanol–water partition coefficient (Wildman–Crippen LogP) is 1.83. The van der Waals surface area contributed by atoms with E-state index in [1.54, 1.807) is 36.5 Å². The van der Waals surface area contributed by atoms with E-state index in [-0.39, 0.29) is 24.7 Å². The number of aromatic nitrogens is 1. The summed E-state index contributed by atoms with van der Waals surface area (Å²) in [5.41, 5.74) is 6.13. The molecule has 4 nitrogen and oxygen atoms in total. The quantitative estimate of drug-likeness (QED) is 0.911. The Morgan fingerprint density at radius 3 is 2.68 bits per heavy atom. The van der Waals surface area contributed by atoms with Crippen LogP contribution in [0.2, 0.25) is 0 Å². The molecule has 5 heteroatoms. The molecule has 0 aliphatic carbocycles. The zero-order valence-electron chi connectivity index (χ0n) is 10.3. The van der Waals surface area contributed by atoms with E-state index in [0.29, 0.717) is 5.56 Å². The van der Waals surface area contributed by atoms with Gasteiger partial charge in [0.05, 0.1) is 11.3 Å². The topological polar surface area (TPSA) is 59.2 Å². The number of amides is 1. The summed E-state index contributed by atoms with van der Waals surface area (Å²) in [6.07, 6.45) is 3.03. The highest BCUT2D eigenvalue weighted by Gasteiger charge is 2.19. The normalized spacial score (nSPS) is 10.2. The first kappa shape index (κ1) is 13.2. The summed E-state index contributed by atoms with van der Waals surface area (Å²) in [6.45, 7) is 0.495. The van der Waals surface area contributed by atoms with Gasteiger partial charge in [-0.25, -0.2) is 4.39 Å².